The highest BCUT2D eigenvalue weighted by molar-refractivity contribution is 6.31. The van der Waals surface area contributed by atoms with Crippen LogP contribution in [0.4, 0.5) is 17.6 Å². The molecule has 10 heteroatoms. The van der Waals surface area contributed by atoms with Gasteiger partial charge in [0.1, 0.15) is 5.82 Å². The number of benzene rings is 1. The van der Waals surface area contributed by atoms with Crippen molar-refractivity contribution >= 4 is 17.5 Å². The first-order chi connectivity index (χ1) is 12.0. The molecule has 0 aliphatic carbocycles. The van der Waals surface area contributed by atoms with E-state index in [1.165, 1.54) is 32.4 Å². The van der Waals surface area contributed by atoms with Gasteiger partial charge in [0, 0.05) is 43.6 Å². The summed E-state index contributed by atoms with van der Waals surface area (Å²) in [5.41, 5.74) is -3.51. The highest BCUT2D eigenvalue weighted by atomic mass is 35.5. The van der Waals surface area contributed by atoms with Crippen LogP contribution in [0.2, 0.25) is 5.02 Å². The van der Waals surface area contributed by atoms with Crippen LogP contribution in [0.25, 0.3) is 0 Å². The number of carbonyl (C=O) groups is 1. The van der Waals surface area contributed by atoms with E-state index in [0.717, 1.165) is 21.7 Å². The van der Waals surface area contributed by atoms with Gasteiger partial charge in [-0.2, -0.15) is 13.2 Å². The summed E-state index contributed by atoms with van der Waals surface area (Å²) in [6, 6.07) is 3.89. The normalized spacial score (nSPS) is 14.2. The standard InChI is InChI=1S/C16H16ClF4N3O2/c1-23-7-6-22-14(23)15(26,16(19,20)21)8-13(25)24(2)9-10-11(17)4-3-5-12(10)18/h3-7,26H,8-9H2,1-2H3. The zero-order valence-electron chi connectivity index (χ0n) is 13.9. The number of hydrogen-bond donors (Lipinski definition) is 1. The molecule has 1 unspecified atom stereocenters. The van der Waals surface area contributed by atoms with Crippen LogP contribution in [0.5, 0.6) is 0 Å². The summed E-state index contributed by atoms with van der Waals surface area (Å²) in [7, 11) is 2.46. The third-order valence-corrected chi connectivity index (χ3v) is 4.30. The summed E-state index contributed by atoms with van der Waals surface area (Å²) >= 11 is 5.87. The van der Waals surface area contributed by atoms with Crippen LogP contribution in [0.3, 0.4) is 0 Å². The zero-order chi connectivity index (χ0) is 19.7. The molecule has 0 saturated heterocycles. The molecule has 1 aromatic carbocycles. The number of aromatic nitrogens is 2. The SMILES string of the molecule is CN(Cc1c(F)cccc1Cl)C(=O)CC(O)(c1nccn1C)C(F)(F)F. The Hall–Kier alpha value is -2.13. The first kappa shape index (κ1) is 20.2. The first-order valence-electron chi connectivity index (χ1n) is 7.41. The second kappa shape index (κ2) is 7.24. The van der Waals surface area contributed by atoms with E-state index in [0.29, 0.717) is 0 Å². The van der Waals surface area contributed by atoms with E-state index in [4.69, 9.17) is 11.6 Å². The van der Waals surface area contributed by atoms with E-state index < -0.39 is 35.7 Å². The van der Waals surface area contributed by atoms with Crippen molar-refractivity contribution in [3.05, 3.63) is 52.8 Å². The topological polar surface area (TPSA) is 58.4 Å². The van der Waals surface area contributed by atoms with Crippen molar-refractivity contribution in [3.63, 3.8) is 0 Å². The van der Waals surface area contributed by atoms with Gasteiger partial charge in [-0.05, 0) is 12.1 Å². The summed E-state index contributed by atoms with van der Waals surface area (Å²) in [6.45, 7) is -0.348. The van der Waals surface area contributed by atoms with Crippen LogP contribution >= 0.6 is 11.6 Å². The van der Waals surface area contributed by atoms with Crippen molar-refractivity contribution in [2.75, 3.05) is 7.05 Å². The Morgan fingerprint density at radius 1 is 1.38 bits per heavy atom. The lowest BCUT2D eigenvalue weighted by molar-refractivity contribution is -0.271. The number of aliphatic hydroxyl groups is 1. The Morgan fingerprint density at radius 3 is 2.54 bits per heavy atom. The molecule has 1 atom stereocenters. The maximum Gasteiger partial charge on any atom is 0.425 e. The molecule has 0 radical (unpaired) electrons. The molecule has 5 nitrogen and oxygen atoms in total. The monoisotopic (exact) mass is 393 g/mol. The van der Waals surface area contributed by atoms with Gasteiger partial charge >= 0.3 is 6.18 Å². The van der Waals surface area contributed by atoms with E-state index in [2.05, 4.69) is 4.98 Å². The molecule has 1 N–H and O–H groups in total. The molecule has 0 spiro atoms. The molecule has 1 amide bonds. The summed E-state index contributed by atoms with van der Waals surface area (Å²) in [5.74, 6) is -2.45. The molecule has 0 aliphatic rings. The number of nitrogens with zero attached hydrogens (tertiary/aromatic N) is 3. The van der Waals surface area contributed by atoms with Gasteiger partial charge in [-0.3, -0.25) is 4.79 Å². The van der Waals surface area contributed by atoms with E-state index in [-0.39, 0.29) is 17.1 Å². The van der Waals surface area contributed by atoms with E-state index in [1.54, 1.807) is 0 Å². The Bertz CT molecular complexity index is 789. The predicted molar refractivity (Wildman–Crippen MR) is 85.7 cm³/mol. The third-order valence-electron chi connectivity index (χ3n) is 3.95. The van der Waals surface area contributed by atoms with Crippen molar-refractivity contribution < 1.29 is 27.5 Å². The number of hydrogen-bond acceptors (Lipinski definition) is 3. The van der Waals surface area contributed by atoms with Gasteiger partial charge in [0.2, 0.25) is 11.5 Å². The fraction of sp³-hybridized carbons (Fsp3) is 0.375. The second-order valence-electron chi connectivity index (χ2n) is 5.85. The van der Waals surface area contributed by atoms with Gasteiger partial charge < -0.3 is 14.6 Å². The van der Waals surface area contributed by atoms with Gasteiger partial charge in [0.25, 0.3) is 0 Å². The fourth-order valence-corrected chi connectivity index (χ4v) is 2.66. The van der Waals surface area contributed by atoms with Crippen molar-refractivity contribution in [2.45, 2.75) is 24.7 Å². The zero-order valence-corrected chi connectivity index (χ0v) is 14.6. The molecule has 2 aromatic rings. The molecule has 142 valence electrons. The van der Waals surface area contributed by atoms with Crippen LogP contribution < -0.4 is 0 Å². The number of imidazole rings is 1. The van der Waals surface area contributed by atoms with Crippen molar-refractivity contribution in [1.82, 2.24) is 14.5 Å². The maximum atomic E-state index is 13.8. The second-order valence-corrected chi connectivity index (χ2v) is 6.25. The largest absolute Gasteiger partial charge is 0.425 e. The van der Waals surface area contributed by atoms with Crippen LogP contribution in [0.1, 0.15) is 17.8 Å². The molecule has 0 bridgehead atoms. The van der Waals surface area contributed by atoms with Gasteiger partial charge in [-0.25, -0.2) is 9.37 Å². The minimum atomic E-state index is -5.14. The minimum Gasteiger partial charge on any atom is -0.374 e. The van der Waals surface area contributed by atoms with Gasteiger partial charge in [0.15, 0.2) is 5.82 Å². The Labute approximate surface area is 151 Å². The molecule has 2 rings (SSSR count). The average Bonchev–Trinajstić information content (AvgIpc) is 2.96. The molecule has 0 aliphatic heterocycles. The molecule has 0 saturated carbocycles. The fourth-order valence-electron chi connectivity index (χ4n) is 2.43. The lowest BCUT2D eigenvalue weighted by Gasteiger charge is -2.31. The Balaban J connectivity index is 2.26. The van der Waals surface area contributed by atoms with Crippen LogP contribution in [-0.4, -0.2) is 38.7 Å². The molecular formula is C16H16ClF4N3O2. The maximum absolute atomic E-state index is 13.8. The van der Waals surface area contributed by atoms with Crippen molar-refractivity contribution in [2.24, 2.45) is 7.05 Å². The minimum absolute atomic E-state index is 0.0300. The quantitative estimate of drug-likeness (QED) is 0.794. The van der Waals surface area contributed by atoms with E-state index in [9.17, 15) is 27.5 Å². The van der Waals surface area contributed by atoms with Crippen LogP contribution in [-0.2, 0) is 24.0 Å². The molecule has 1 heterocycles. The van der Waals surface area contributed by atoms with Crippen LogP contribution in [0, 0.1) is 5.82 Å². The van der Waals surface area contributed by atoms with Crippen LogP contribution in [0.15, 0.2) is 30.6 Å². The predicted octanol–water partition coefficient (Wildman–Crippen LogP) is 3.01. The molecule has 26 heavy (non-hydrogen) atoms. The smallest absolute Gasteiger partial charge is 0.374 e. The number of carbonyl (C=O) groups excluding carboxylic acids is 1. The van der Waals surface area contributed by atoms with Crippen molar-refractivity contribution in [3.8, 4) is 0 Å². The molecule has 1 aromatic heterocycles. The number of amides is 1. The molecular weight excluding hydrogens is 378 g/mol. The summed E-state index contributed by atoms with van der Waals surface area (Å²) in [6.07, 6.45) is -4.14. The van der Waals surface area contributed by atoms with E-state index >= 15 is 0 Å². The third kappa shape index (κ3) is 3.83. The Kier molecular flexibility index (Phi) is 5.62. The van der Waals surface area contributed by atoms with Gasteiger partial charge in [-0.15, -0.1) is 0 Å². The number of rotatable bonds is 5. The molecule has 0 fully saturated rings. The highest BCUT2D eigenvalue weighted by Crippen LogP contribution is 2.41. The Morgan fingerprint density at radius 2 is 2.04 bits per heavy atom. The first-order valence-corrected chi connectivity index (χ1v) is 7.79. The highest BCUT2D eigenvalue weighted by Gasteiger charge is 2.58. The van der Waals surface area contributed by atoms with Gasteiger partial charge in [0.05, 0.1) is 6.42 Å². The average molecular weight is 394 g/mol. The lowest BCUT2D eigenvalue weighted by Crippen LogP contribution is -2.48. The number of alkyl halides is 3. The summed E-state index contributed by atoms with van der Waals surface area (Å²) < 4.78 is 55.2. The lowest BCUT2D eigenvalue weighted by atomic mass is 9.96. The van der Waals surface area contributed by atoms with Crippen molar-refractivity contribution in [1.29, 1.82) is 0 Å². The van der Waals surface area contributed by atoms with Gasteiger partial charge in [-0.1, -0.05) is 17.7 Å². The van der Waals surface area contributed by atoms with E-state index in [1.807, 2.05) is 0 Å². The summed E-state index contributed by atoms with van der Waals surface area (Å²) in [5, 5.41) is 10.3. The summed E-state index contributed by atoms with van der Waals surface area (Å²) in [4.78, 5) is 16.7. The number of halogens is 5. The number of aryl methyl sites for hydroxylation is 1.